The van der Waals surface area contributed by atoms with Crippen LogP contribution in [0.25, 0.3) is 10.9 Å². The zero-order valence-corrected chi connectivity index (χ0v) is 19.0. The number of aryl methyl sites for hydroxylation is 1. The average molecular weight is 468 g/mol. The molecule has 0 saturated carbocycles. The lowest BCUT2D eigenvalue weighted by Crippen LogP contribution is -2.42. The van der Waals surface area contributed by atoms with Gasteiger partial charge >= 0.3 is 12.1 Å². The third-order valence-corrected chi connectivity index (χ3v) is 6.97. The molecule has 182 valence electrons. The number of halogens is 3. The van der Waals surface area contributed by atoms with E-state index in [1.807, 2.05) is 0 Å². The van der Waals surface area contributed by atoms with E-state index in [1.165, 1.54) is 42.3 Å². The van der Waals surface area contributed by atoms with E-state index < -0.39 is 12.1 Å². The molecule has 1 aromatic carbocycles. The minimum atomic E-state index is -5.08. The van der Waals surface area contributed by atoms with Crippen LogP contribution in [-0.4, -0.2) is 70.2 Å². The van der Waals surface area contributed by atoms with Crippen LogP contribution in [0.2, 0.25) is 0 Å². The molecule has 9 heteroatoms. The Morgan fingerprint density at radius 2 is 1.76 bits per heavy atom. The highest BCUT2D eigenvalue weighted by Crippen LogP contribution is 2.37. The Hall–Kier alpha value is -2.55. The second-order valence-electron chi connectivity index (χ2n) is 9.00. The van der Waals surface area contributed by atoms with Crippen LogP contribution in [0.15, 0.2) is 30.5 Å². The van der Waals surface area contributed by atoms with Gasteiger partial charge in [-0.1, -0.05) is 18.2 Å². The number of aromatic nitrogens is 1. The van der Waals surface area contributed by atoms with E-state index in [4.69, 9.17) is 9.90 Å². The van der Waals surface area contributed by atoms with Crippen molar-refractivity contribution in [3.63, 3.8) is 0 Å². The molecule has 0 aliphatic carbocycles. The van der Waals surface area contributed by atoms with E-state index in [0.717, 1.165) is 38.8 Å². The molecule has 1 unspecified atom stereocenters. The molecule has 1 aromatic heterocycles. The molecule has 3 heterocycles. The molecule has 1 spiro atoms. The summed E-state index contributed by atoms with van der Waals surface area (Å²) in [7, 11) is 2.27. The highest BCUT2D eigenvalue weighted by Gasteiger charge is 2.40. The average Bonchev–Trinajstić information content (AvgIpc) is 3.25. The molecular formula is C24H32F3N3O3. The quantitative estimate of drug-likeness (QED) is 0.689. The van der Waals surface area contributed by atoms with Crippen molar-refractivity contribution in [1.82, 2.24) is 14.8 Å². The number of carboxylic acid groups (broad SMARTS) is 1. The van der Waals surface area contributed by atoms with E-state index in [9.17, 15) is 18.0 Å². The number of H-pyrrole nitrogens is 1. The molecule has 2 aliphatic heterocycles. The van der Waals surface area contributed by atoms with Crippen molar-refractivity contribution in [2.75, 3.05) is 26.7 Å². The van der Waals surface area contributed by atoms with Gasteiger partial charge in [-0.25, -0.2) is 4.79 Å². The number of carbonyl (C=O) groups excluding carboxylic acids is 1. The first kappa shape index (κ1) is 25.1. The Kier molecular flexibility index (Phi) is 8.05. The first-order valence-electron chi connectivity index (χ1n) is 11.5. The van der Waals surface area contributed by atoms with Gasteiger partial charge in [-0.15, -0.1) is 0 Å². The number of hydrogen-bond acceptors (Lipinski definition) is 3. The fourth-order valence-corrected chi connectivity index (χ4v) is 5.06. The highest BCUT2D eigenvalue weighted by atomic mass is 19.4. The minimum Gasteiger partial charge on any atom is -0.475 e. The van der Waals surface area contributed by atoms with E-state index in [0.29, 0.717) is 17.9 Å². The summed E-state index contributed by atoms with van der Waals surface area (Å²) in [6, 6.07) is 8.41. The van der Waals surface area contributed by atoms with Gasteiger partial charge in [0.1, 0.15) is 0 Å². The van der Waals surface area contributed by atoms with Crippen molar-refractivity contribution in [2.24, 2.45) is 0 Å². The zero-order valence-electron chi connectivity index (χ0n) is 19.0. The van der Waals surface area contributed by atoms with Gasteiger partial charge < -0.3 is 19.9 Å². The second-order valence-corrected chi connectivity index (χ2v) is 9.00. The highest BCUT2D eigenvalue weighted by molar-refractivity contribution is 5.83. The maximum absolute atomic E-state index is 12.7. The molecule has 0 radical (unpaired) electrons. The monoisotopic (exact) mass is 467 g/mol. The van der Waals surface area contributed by atoms with Crippen LogP contribution >= 0.6 is 0 Å². The summed E-state index contributed by atoms with van der Waals surface area (Å²) in [4.78, 5) is 29.6. The van der Waals surface area contributed by atoms with E-state index in [1.54, 1.807) is 0 Å². The van der Waals surface area contributed by atoms with Crippen LogP contribution in [0.1, 0.15) is 50.5 Å². The number of fused-ring (bicyclic) bond motifs is 1. The van der Waals surface area contributed by atoms with Crippen LogP contribution in [-0.2, 0) is 16.0 Å². The lowest BCUT2D eigenvalue weighted by molar-refractivity contribution is -0.192. The number of aromatic amines is 1. The number of para-hydroxylation sites is 1. The van der Waals surface area contributed by atoms with E-state index in [-0.39, 0.29) is 0 Å². The summed E-state index contributed by atoms with van der Waals surface area (Å²) in [5, 5.41) is 8.42. The number of carboxylic acids is 1. The number of amides is 1. The number of hydrogen-bond donors (Lipinski definition) is 2. The Morgan fingerprint density at radius 1 is 1.09 bits per heavy atom. The van der Waals surface area contributed by atoms with Gasteiger partial charge in [-0.3, -0.25) is 4.79 Å². The topological polar surface area (TPSA) is 76.6 Å². The summed E-state index contributed by atoms with van der Waals surface area (Å²) in [6.07, 6.45) is 5.77. The Balaban J connectivity index is 0.000000383. The summed E-state index contributed by atoms with van der Waals surface area (Å²) in [6.45, 7) is 3.11. The summed E-state index contributed by atoms with van der Waals surface area (Å²) in [5.41, 5.74) is 2.89. The van der Waals surface area contributed by atoms with E-state index >= 15 is 0 Å². The van der Waals surface area contributed by atoms with Gasteiger partial charge in [-0.2, -0.15) is 13.2 Å². The number of likely N-dealkylation sites (tertiary alicyclic amines) is 2. The number of carbonyl (C=O) groups is 2. The number of nitrogens with zero attached hydrogens (tertiary/aromatic N) is 2. The van der Waals surface area contributed by atoms with Crippen LogP contribution in [0.4, 0.5) is 13.2 Å². The smallest absolute Gasteiger partial charge is 0.475 e. The molecule has 2 aromatic rings. The number of rotatable bonds is 4. The van der Waals surface area contributed by atoms with Gasteiger partial charge in [0, 0.05) is 42.1 Å². The molecule has 2 aliphatic rings. The zero-order chi connectivity index (χ0) is 24.1. The molecule has 2 saturated heterocycles. The predicted octanol–water partition coefficient (Wildman–Crippen LogP) is 4.60. The predicted molar refractivity (Wildman–Crippen MR) is 120 cm³/mol. The number of nitrogens with one attached hydrogen (secondary N) is 1. The standard InChI is InChI=1S/C22H31N3O.C2HF3O2/c1-24-14-5-11-22(24)12-6-15-25(16-13-22)21(26)10-4-7-18-17-23-20-9-3-2-8-19(18)20;3-2(4,5)1(6)7/h2-3,8-9,17,23H,4-7,10-16H2,1H3;(H,6,7). The normalized spacial score (nSPS) is 21.6. The minimum absolute atomic E-state index is 0.350. The Labute approximate surface area is 191 Å². The van der Waals surface area contributed by atoms with Crippen molar-refractivity contribution in [3.05, 3.63) is 36.0 Å². The third kappa shape index (κ3) is 6.28. The van der Waals surface area contributed by atoms with Crippen LogP contribution in [0.3, 0.4) is 0 Å². The molecule has 0 bridgehead atoms. The molecule has 1 amide bonds. The molecule has 2 fully saturated rings. The SMILES string of the molecule is CN1CCCC12CCCN(C(=O)CCCc1c[nH]c3ccccc13)CC2.O=C(O)C(F)(F)F. The molecular weight excluding hydrogens is 435 g/mol. The number of aliphatic carboxylic acids is 1. The Morgan fingerprint density at radius 3 is 2.39 bits per heavy atom. The van der Waals surface area contributed by atoms with Crippen molar-refractivity contribution in [1.29, 1.82) is 0 Å². The van der Waals surface area contributed by atoms with Gasteiger partial charge in [0.2, 0.25) is 5.91 Å². The maximum atomic E-state index is 12.7. The summed E-state index contributed by atoms with van der Waals surface area (Å²) in [5.74, 6) is -2.41. The van der Waals surface area contributed by atoms with Gasteiger partial charge in [0.05, 0.1) is 0 Å². The lowest BCUT2D eigenvalue weighted by Gasteiger charge is -2.35. The molecule has 33 heavy (non-hydrogen) atoms. The van der Waals surface area contributed by atoms with E-state index in [2.05, 4.69) is 52.3 Å². The van der Waals surface area contributed by atoms with Gasteiger partial charge in [-0.05, 0) is 70.2 Å². The number of benzene rings is 1. The summed E-state index contributed by atoms with van der Waals surface area (Å²) >= 11 is 0. The van der Waals surface area contributed by atoms with Crippen molar-refractivity contribution in [3.8, 4) is 0 Å². The van der Waals surface area contributed by atoms with Gasteiger partial charge in [0.15, 0.2) is 0 Å². The molecule has 1 atom stereocenters. The van der Waals surface area contributed by atoms with Crippen LogP contribution < -0.4 is 0 Å². The van der Waals surface area contributed by atoms with Crippen LogP contribution in [0, 0.1) is 0 Å². The van der Waals surface area contributed by atoms with Crippen LogP contribution in [0.5, 0.6) is 0 Å². The maximum Gasteiger partial charge on any atom is 0.490 e. The number of alkyl halides is 3. The molecule has 2 N–H and O–H groups in total. The first-order chi connectivity index (χ1) is 15.6. The lowest BCUT2D eigenvalue weighted by atomic mass is 9.88. The van der Waals surface area contributed by atoms with Crippen molar-refractivity contribution < 1.29 is 27.9 Å². The summed E-state index contributed by atoms with van der Waals surface area (Å²) < 4.78 is 31.7. The molecule has 6 nitrogen and oxygen atoms in total. The third-order valence-electron chi connectivity index (χ3n) is 6.97. The molecule has 4 rings (SSSR count). The van der Waals surface area contributed by atoms with Gasteiger partial charge in [0.25, 0.3) is 0 Å². The largest absolute Gasteiger partial charge is 0.490 e. The fraction of sp³-hybridized carbons (Fsp3) is 0.583. The fourth-order valence-electron chi connectivity index (χ4n) is 5.06. The van der Waals surface area contributed by atoms with Crippen molar-refractivity contribution >= 4 is 22.8 Å². The van der Waals surface area contributed by atoms with Crippen molar-refractivity contribution in [2.45, 2.75) is 63.1 Å². The first-order valence-corrected chi connectivity index (χ1v) is 11.5. The second kappa shape index (κ2) is 10.6. The Bertz CT molecular complexity index is 959.